The summed E-state index contributed by atoms with van der Waals surface area (Å²) in [6.07, 6.45) is 1.15. The Morgan fingerprint density at radius 2 is 1.84 bits per heavy atom. The number of ether oxygens (including phenoxy) is 1. The molecule has 0 radical (unpaired) electrons. The van der Waals surface area contributed by atoms with Gasteiger partial charge in [0.05, 0.1) is 12.7 Å². The van der Waals surface area contributed by atoms with Gasteiger partial charge in [-0.05, 0) is 49.2 Å². The fourth-order valence-corrected chi connectivity index (χ4v) is 4.24. The minimum Gasteiger partial charge on any atom is -0.423 e. The number of imide groups is 1. The Bertz CT molecular complexity index is 1160. The van der Waals surface area contributed by atoms with Gasteiger partial charge in [-0.1, -0.05) is 35.4 Å². The van der Waals surface area contributed by atoms with E-state index in [9.17, 15) is 9.59 Å². The van der Waals surface area contributed by atoms with E-state index in [1.54, 1.807) is 30.3 Å². The molecule has 8 heteroatoms. The van der Waals surface area contributed by atoms with Crippen LogP contribution < -0.4 is 0 Å². The lowest BCUT2D eigenvalue weighted by molar-refractivity contribution is -0.137. The van der Waals surface area contributed by atoms with Crippen LogP contribution in [0.4, 0.5) is 4.79 Å². The molecule has 3 heterocycles. The molecule has 0 bridgehead atoms. The van der Waals surface area contributed by atoms with Gasteiger partial charge in [0.2, 0.25) is 0 Å². The molecule has 31 heavy (non-hydrogen) atoms. The largest absolute Gasteiger partial charge is 0.423 e. The number of likely N-dealkylation sites (N-methyl/N-ethyl adjacent to an activating group) is 1. The number of hydrogen-bond acceptors (Lipinski definition) is 5. The van der Waals surface area contributed by atoms with E-state index in [2.05, 4.69) is 4.99 Å². The summed E-state index contributed by atoms with van der Waals surface area (Å²) in [5.74, 6) is 0.298. The smallest absolute Gasteiger partial charge is 0.328 e. The molecule has 3 amide bonds. The second kappa shape index (κ2) is 7.13. The molecule has 7 nitrogen and oxygen atoms in total. The number of carbonyl (C=O) groups is 2. The van der Waals surface area contributed by atoms with Crippen LogP contribution in [0.2, 0.25) is 5.02 Å². The minimum atomic E-state index is -0.660. The van der Waals surface area contributed by atoms with Crippen molar-refractivity contribution >= 4 is 35.3 Å². The van der Waals surface area contributed by atoms with E-state index in [-0.39, 0.29) is 18.5 Å². The summed E-state index contributed by atoms with van der Waals surface area (Å²) in [7, 11) is 1.67. The maximum absolute atomic E-state index is 13.5. The van der Waals surface area contributed by atoms with Gasteiger partial charge < -0.3 is 9.64 Å². The molecule has 3 aliphatic heterocycles. The summed E-state index contributed by atoms with van der Waals surface area (Å²) in [5.41, 5.74) is 3.90. The van der Waals surface area contributed by atoms with E-state index < -0.39 is 12.2 Å². The van der Waals surface area contributed by atoms with Crippen molar-refractivity contribution in [1.82, 2.24) is 14.7 Å². The normalized spacial score (nSPS) is 22.3. The first kappa shape index (κ1) is 19.6. The van der Waals surface area contributed by atoms with Gasteiger partial charge in [0.25, 0.3) is 11.9 Å². The van der Waals surface area contributed by atoms with Crippen LogP contribution in [0, 0.1) is 13.8 Å². The van der Waals surface area contributed by atoms with Gasteiger partial charge in [-0.2, -0.15) is 0 Å². The average molecular weight is 437 g/mol. The maximum atomic E-state index is 13.5. The van der Waals surface area contributed by atoms with Crippen molar-refractivity contribution in [2.75, 3.05) is 7.05 Å². The molecule has 2 unspecified atom stereocenters. The van der Waals surface area contributed by atoms with Gasteiger partial charge in [-0.25, -0.2) is 9.79 Å². The zero-order valence-corrected chi connectivity index (χ0v) is 18.1. The fourth-order valence-electron chi connectivity index (χ4n) is 4.12. The van der Waals surface area contributed by atoms with Gasteiger partial charge in [0.1, 0.15) is 0 Å². The molecular formula is C23H21ClN4O3. The summed E-state index contributed by atoms with van der Waals surface area (Å²) >= 11 is 5.98. The predicted molar refractivity (Wildman–Crippen MR) is 117 cm³/mol. The molecule has 0 spiro atoms. The minimum absolute atomic E-state index is 0.219. The standard InChI is InChI=1S/C23H21ClN4O3/c1-13-4-5-14(2)16(10-13)11-28-21(29)19-20(26(3)23(28)30)25-22-27(19)12-18(31-22)15-6-8-17(24)9-7-15/h4-10,12,19-20H,11H2,1-3H3. The van der Waals surface area contributed by atoms with Gasteiger partial charge in [0, 0.05) is 17.6 Å². The highest BCUT2D eigenvalue weighted by Crippen LogP contribution is 2.36. The van der Waals surface area contributed by atoms with Gasteiger partial charge in [-0.3, -0.25) is 14.6 Å². The topological polar surface area (TPSA) is 65.5 Å². The third-order valence-electron chi connectivity index (χ3n) is 5.91. The number of urea groups is 1. The number of aliphatic imine (C=N–C) groups is 1. The number of amidine groups is 1. The number of nitrogens with zero attached hydrogens (tertiary/aromatic N) is 4. The molecule has 0 saturated carbocycles. The number of aryl methyl sites for hydroxylation is 2. The van der Waals surface area contributed by atoms with Crippen molar-refractivity contribution in [3.05, 3.63) is 75.9 Å². The molecule has 5 rings (SSSR count). The Kier molecular flexibility index (Phi) is 4.51. The van der Waals surface area contributed by atoms with E-state index in [0.29, 0.717) is 16.8 Å². The molecule has 0 N–H and O–H groups in total. The number of hydrogen-bond donors (Lipinski definition) is 0. The highest BCUT2D eigenvalue weighted by Gasteiger charge is 2.54. The molecule has 0 aliphatic carbocycles. The molecular weight excluding hydrogens is 416 g/mol. The molecule has 2 aromatic carbocycles. The summed E-state index contributed by atoms with van der Waals surface area (Å²) in [6, 6.07) is 12.6. The SMILES string of the molecule is Cc1ccc(C)c(CN2C(=O)C3C(N=C4OC(c5ccc(Cl)cc5)=CN43)N(C)C2=O)c1. The lowest BCUT2D eigenvalue weighted by Gasteiger charge is -2.40. The third kappa shape index (κ3) is 3.16. The van der Waals surface area contributed by atoms with Crippen LogP contribution in [0.25, 0.3) is 5.76 Å². The first-order valence-electron chi connectivity index (χ1n) is 9.99. The first-order chi connectivity index (χ1) is 14.8. The number of halogens is 1. The Hall–Kier alpha value is -3.32. The molecule has 1 saturated heterocycles. The van der Waals surface area contributed by atoms with Crippen molar-refractivity contribution < 1.29 is 14.3 Å². The number of amides is 3. The van der Waals surface area contributed by atoms with E-state index >= 15 is 0 Å². The number of carbonyl (C=O) groups excluding carboxylic acids is 2. The van der Waals surface area contributed by atoms with Crippen LogP contribution in [-0.4, -0.2) is 51.9 Å². The van der Waals surface area contributed by atoms with E-state index in [1.807, 2.05) is 44.2 Å². The molecule has 2 atom stereocenters. The number of benzene rings is 2. The second-order valence-electron chi connectivity index (χ2n) is 8.03. The molecule has 3 aliphatic rings. The van der Waals surface area contributed by atoms with Crippen molar-refractivity contribution in [3.8, 4) is 0 Å². The lowest BCUT2D eigenvalue weighted by Crippen LogP contribution is -2.63. The van der Waals surface area contributed by atoms with Crippen LogP contribution in [0.5, 0.6) is 0 Å². The van der Waals surface area contributed by atoms with Crippen LogP contribution in [0.3, 0.4) is 0 Å². The van der Waals surface area contributed by atoms with Crippen molar-refractivity contribution in [2.45, 2.75) is 32.6 Å². The van der Waals surface area contributed by atoms with Crippen molar-refractivity contribution in [3.63, 3.8) is 0 Å². The highest BCUT2D eigenvalue weighted by atomic mass is 35.5. The zero-order valence-electron chi connectivity index (χ0n) is 17.4. The summed E-state index contributed by atoms with van der Waals surface area (Å²) in [5, 5.41) is 0.630. The van der Waals surface area contributed by atoms with Crippen LogP contribution >= 0.6 is 11.6 Å². The first-order valence-corrected chi connectivity index (χ1v) is 10.4. The Labute approximate surface area is 185 Å². The zero-order chi connectivity index (χ0) is 21.9. The van der Waals surface area contributed by atoms with Gasteiger partial charge in [0.15, 0.2) is 18.0 Å². The number of fused-ring (bicyclic) bond motifs is 3. The fraction of sp³-hybridized carbons (Fsp3) is 0.261. The molecule has 158 valence electrons. The molecule has 1 fully saturated rings. The van der Waals surface area contributed by atoms with Crippen LogP contribution in [0.1, 0.15) is 22.3 Å². The molecule has 0 aromatic heterocycles. The van der Waals surface area contributed by atoms with Crippen molar-refractivity contribution in [2.24, 2.45) is 4.99 Å². The van der Waals surface area contributed by atoms with Crippen LogP contribution in [-0.2, 0) is 16.1 Å². The summed E-state index contributed by atoms with van der Waals surface area (Å²) < 4.78 is 5.91. The second-order valence-corrected chi connectivity index (χ2v) is 8.46. The van der Waals surface area contributed by atoms with Crippen LogP contribution in [0.15, 0.2) is 53.7 Å². The Balaban J connectivity index is 1.45. The van der Waals surface area contributed by atoms with E-state index in [1.165, 1.54) is 9.80 Å². The van der Waals surface area contributed by atoms with E-state index in [4.69, 9.17) is 16.3 Å². The third-order valence-corrected chi connectivity index (χ3v) is 6.17. The predicted octanol–water partition coefficient (Wildman–Crippen LogP) is 3.75. The molecule has 2 aromatic rings. The lowest BCUT2D eigenvalue weighted by atomic mass is 10.0. The maximum Gasteiger partial charge on any atom is 0.328 e. The van der Waals surface area contributed by atoms with Gasteiger partial charge >= 0.3 is 6.03 Å². The highest BCUT2D eigenvalue weighted by molar-refractivity contribution is 6.30. The average Bonchev–Trinajstić information content (AvgIpc) is 3.31. The Morgan fingerprint density at radius 1 is 1.10 bits per heavy atom. The number of rotatable bonds is 3. The Morgan fingerprint density at radius 3 is 2.58 bits per heavy atom. The quantitative estimate of drug-likeness (QED) is 0.735. The van der Waals surface area contributed by atoms with Gasteiger partial charge in [-0.15, -0.1) is 0 Å². The summed E-state index contributed by atoms with van der Waals surface area (Å²) in [6.45, 7) is 4.19. The van der Waals surface area contributed by atoms with Crippen molar-refractivity contribution in [1.29, 1.82) is 0 Å². The summed E-state index contributed by atoms with van der Waals surface area (Å²) in [4.78, 5) is 35.5. The monoisotopic (exact) mass is 436 g/mol. The van der Waals surface area contributed by atoms with E-state index in [0.717, 1.165) is 22.3 Å².